The second-order valence-electron chi connectivity index (χ2n) is 5.13. The summed E-state index contributed by atoms with van der Waals surface area (Å²) in [5, 5.41) is 6.71. The lowest BCUT2D eigenvalue weighted by atomic mass is 10.1. The minimum absolute atomic E-state index is 0.127. The number of hydrazone groups is 1. The van der Waals surface area contributed by atoms with Crippen LogP contribution in [0.25, 0.3) is 0 Å². The maximum atomic E-state index is 12.9. The zero-order valence-corrected chi connectivity index (χ0v) is 13.5. The maximum Gasteiger partial charge on any atom is 0.271 e. The molecule has 2 rings (SSSR count). The third kappa shape index (κ3) is 4.74. The molecule has 2 amide bonds. The summed E-state index contributed by atoms with van der Waals surface area (Å²) in [6.07, 6.45) is 0.359. The van der Waals surface area contributed by atoms with Gasteiger partial charge in [0.15, 0.2) is 0 Å². The van der Waals surface area contributed by atoms with Crippen LogP contribution < -0.4 is 10.7 Å². The molecule has 2 N–H and O–H groups in total. The van der Waals surface area contributed by atoms with Crippen molar-refractivity contribution >= 4 is 23.2 Å². The fourth-order valence-corrected chi connectivity index (χ4v) is 1.94. The van der Waals surface area contributed by atoms with Crippen LogP contribution in [0.5, 0.6) is 0 Å². The van der Waals surface area contributed by atoms with E-state index < -0.39 is 5.91 Å². The smallest absolute Gasteiger partial charge is 0.271 e. The van der Waals surface area contributed by atoms with E-state index in [1.165, 1.54) is 12.1 Å². The first-order valence-electron chi connectivity index (χ1n) is 7.50. The van der Waals surface area contributed by atoms with Gasteiger partial charge < -0.3 is 5.32 Å². The molecule has 0 aliphatic rings. The molecule has 0 saturated carbocycles. The molecule has 2 aromatic carbocycles. The van der Waals surface area contributed by atoms with E-state index in [2.05, 4.69) is 15.8 Å². The van der Waals surface area contributed by atoms with Crippen molar-refractivity contribution in [1.29, 1.82) is 0 Å². The molecular weight excluding hydrogens is 309 g/mol. The van der Waals surface area contributed by atoms with Crippen molar-refractivity contribution in [3.8, 4) is 0 Å². The number of nitrogens with zero attached hydrogens (tertiary/aromatic N) is 1. The number of rotatable bonds is 5. The summed E-state index contributed by atoms with van der Waals surface area (Å²) in [4.78, 5) is 23.5. The molecule has 124 valence electrons. The van der Waals surface area contributed by atoms with Crippen LogP contribution in [0.2, 0.25) is 0 Å². The van der Waals surface area contributed by atoms with E-state index in [4.69, 9.17) is 0 Å². The van der Waals surface area contributed by atoms with Gasteiger partial charge in [-0.2, -0.15) is 5.10 Å². The number of benzene rings is 2. The highest BCUT2D eigenvalue weighted by Gasteiger charge is 2.07. The summed E-state index contributed by atoms with van der Waals surface area (Å²) in [7, 11) is 0. The van der Waals surface area contributed by atoms with Crippen molar-refractivity contribution in [1.82, 2.24) is 5.43 Å². The third-order valence-corrected chi connectivity index (χ3v) is 3.32. The SMILES string of the molecule is CCC(=O)Nc1cccc(C(=O)NN=C(C)c2ccc(F)cc2)c1. The van der Waals surface area contributed by atoms with Gasteiger partial charge in [-0.15, -0.1) is 0 Å². The molecule has 0 bridgehead atoms. The Bertz CT molecular complexity index is 770. The molecule has 0 aliphatic heterocycles. The molecule has 0 atom stereocenters. The number of carbonyl (C=O) groups excluding carboxylic acids is 2. The van der Waals surface area contributed by atoms with Crippen LogP contribution in [-0.4, -0.2) is 17.5 Å². The summed E-state index contributed by atoms with van der Waals surface area (Å²) >= 11 is 0. The Hall–Kier alpha value is -3.02. The third-order valence-electron chi connectivity index (χ3n) is 3.32. The number of halogens is 1. The van der Waals surface area contributed by atoms with E-state index in [0.29, 0.717) is 28.9 Å². The standard InChI is InChI=1S/C18H18FN3O2/c1-3-17(23)20-16-6-4-5-14(11-16)18(24)22-21-12(2)13-7-9-15(19)10-8-13/h4-11H,3H2,1-2H3,(H,20,23)(H,22,24). The fourth-order valence-electron chi connectivity index (χ4n) is 1.94. The summed E-state index contributed by atoms with van der Waals surface area (Å²) in [5.74, 6) is -0.858. The average Bonchev–Trinajstić information content (AvgIpc) is 2.60. The molecule has 0 aromatic heterocycles. The predicted octanol–water partition coefficient (Wildman–Crippen LogP) is 3.33. The molecule has 0 spiro atoms. The highest BCUT2D eigenvalue weighted by molar-refractivity contribution is 6.01. The number of hydrogen-bond acceptors (Lipinski definition) is 3. The molecule has 24 heavy (non-hydrogen) atoms. The van der Waals surface area contributed by atoms with Crippen molar-refractivity contribution in [2.75, 3.05) is 5.32 Å². The van der Waals surface area contributed by atoms with Crippen molar-refractivity contribution in [3.05, 3.63) is 65.5 Å². The van der Waals surface area contributed by atoms with Crippen LogP contribution in [0.1, 0.15) is 36.2 Å². The molecule has 0 fully saturated rings. The first-order valence-corrected chi connectivity index (χ1v) is 7.50. The van der Waals surface area contributed by atoms with Crippen LogP contribution in [0.15, 0.2) is 53.6 Å². The van der Waals surface area contributed by atoms with Crippen LogP contribution in [-0.2, 0) is 4.79 Å². The lowest BCUT2D eigenvalue weighted by molar-refractivity contribution is -0.115. The topological polar surface area (TPSA) is 70.6 Å². The molecular formula is C18H18FN3O2. The zero-order chi connectivity index (χ0) is 17.5. The minimum atomic E-state index is -0.399. The van der Waals surface area contributed by atoms with E-state index in [-0.39, 0.29) is 11.7 Å². The largest absolute Gasteiger partial charge is 0.326 e. The molecule has 0 saturated heterocycles. The lowest BCUT2D eigenvalue weighted by Gasteiger charge is -2.06. The molecule has 5 nitrogen and oxygen atoms in total. The quantitative estimate of drug-likeness (QED) is 0.653. The van der Waals surface area contributed by atoms with Gasteiger partial charge in [0.05, 0.1) is 5.71 Å². The van der Waals surface area contributed by atoms with Crippen molar-refractivity contribution in [2.45, 2.75) is 20.3 Å². The second kappa shape index (κ2) is 8.01. The van der Waals surface area contributed by atoms with Gasteiger partial charge in [-0.25, -0.2) is 9.82 Å². The number of nitrogens with one attached hydrogen (secondary N) is 2. The normalized spacial score (nSPS) is 11.0. The van der Waals surface area contributed by atoms with Crippen LogP contribution in [0.4, 0.5) is 10.1 Å². The maximum absolute atomic E-state index is 12.9. The van der Waals surface area contributed by atoms with Crippen LogP contribution in [0, 0.1) is 5.82 Å². The van der Waals surface area contributed by atoms with E-state index in [1.807, 2.05) is 0 Å². The summed E-state index contributed by atoms with van der Waals surface area (Å²) in [6, 6.07) is 12.4. The van der Waals surface area contributed by atoms with Gasteiger partial charge in [0, 0.05) is 17.7 Å². The van der Waals surface area contributed by atoms with Crippen molar-refractivity contribution in [3.63, 3.8) is 0 Å². The first kappa shape index (κ1) is 17.3. The summed E-state index contributed by atoms with van der Waals surface area (Å²) in [5.41, 5.74) is 4.64. The molecule has 2 aromatic rings. The Morgan fingerprint density at radius 2 is 1.79 bits per heavy atom. The van der Waals surface area contributed by atoms with Gasteiger partial charge in [-0.3, -0.25) is 9.59 Å². The Labute approximate surface area is 139 Å². The molecule has 6 heteroatoms. The summed E-state index contributed by atoms with van der Waals surface area (Å²) < 4.78 is 12.9. The van der Waals surface area contributed by atoms with E-state index >= 15 is 0 Å². The highest BCUT2D eigenvalue weighted by Crippen LogP contribution is 2.11. The molecule has 0 unspecified atom stereocenters. The van der Waals surface area contributed by atoms with Crippen molar-refractivity contribution < 1.29 is 14.0 Å². The Kier molecular flexibility index (Phi) is 5.78. The summed E-state index contributed by atoms with van der Waals surface area (Å²) in [6.45, 7) is 3.46. The number of anilines is 1. The molecule has 0 radical (unpaired) electrons. The number of hydrogen-bond donors (Lipinski definition) is 2. The van der Waals surface area contributed by atoms with Gasteiger partial charge >= 0.3 is 0 Å². The zero-order valence-electron chi connectivity index (χ0n) is 13.5. The fraction of sp³-hybridized carbons (Fsp3) is 0.167. The minimum Gasteiger partial charge on any atom is -0.326 e. The highest BCUT2D eigenvalue weighted by atomic mass is 19.1. The van der Waals surface area contributed by atoms with E-state index in [9.17, 15) is 14.0 Å². The van der Waals surface area contributed by atoms with Crippen LogP contribution in [0.3, 0.4) is 0 Å². The average molecular weight is 327 g/mol. The van der Waals surface area contributed by atoms with Crippen molar-refractivity contribution in [2.24, 2.45) is 5.10 Å². The van der Waals surface area contributed by atoms with Crippen LogP contribution >= 0.6 is 0 Å². The first-order chi connectivity index (χ1) is 11.5. The van der Waals surface area contributed by atoms with Gasteiger partial charge in [0.2, 0.25) is 5.91 Å². The predicted molar refractivity (Wildman–Crippen MR) is 91.4 cm³/mol. The van der Waals surface area contributed by atoms with E-state index in [1.54, 1.807) is 50.2 Å². The monoisotopic (exact) mass is 327 g/mol. The second-order valence-corrected chi connectivity index (χ2v) is 5.13. The Morgan fingerprint density at radius 3 is 2.46 bits per heavy atom. The Morgan fingerprint density at radius 1 is 1.08 bits per heavy atom. The van der Waals surface area contributed by atoms with E-state index in [0.717, 1.165) is 0 Å². The van der Waals surface area contributed by atoms with Gasteiger partial charge in [-0.1, -0.05) is 25.1 Å². The van der Waals surface area contributed by atoms with Gasteiger partial charge in [0.25, 0.3) is 5.91 Å². The molecule has 0 heterocycles. The molecule has 0 aliphatic carbocycles. The van der Waals surface area contributed by atoms with Gasteiger partial charge in [-0.05, 0) is 42.8 Å². The lowest BCUT2D eigenvalue weighted by Crippen LogP contribution is -2.19. The number of amides is 2. The van der Waals surface area contributed by atoms with Gasteiger partial charge in [0.1, 0.15) is 5.82 Å². The number of carbonyl (C=O) groups is 2. The Balaban J connectivity index is 2.06.